The normalized spacial score (nSPS) is 20.8. The van der Waals surface area contributed by atoms with Crippen LogP contribution in [-0.4, -0.2) is 45.5 Å². The summed E-state index contributed by atoms with van der Waals surface area (Å²) in [6.07, 6.45) is 4.20. The van der Waals surface area contributed by atoms with E-state index in [1.54, 1.807) is 6.20 Å². The number of aryl methyl sites for hydroxylation is 1. The van der Waals surface area contributed by atoms with Crippen LogP contribution in [0.5, 0.6) is 0 Å². The topological polar surface area (TPSA) is 130 Å². The fourth-order valence-corrected chi connectivity index (χ4v) is 4.35. The summed E-state index contributed by atoms with van der Waals surface area (Å²) >= 11 is 0. The van der Waals surface area contributed by atoms with E-state index in [1.807, 2.05) is 32.0 Å². The summed E-state index contributed by atoms with van der Waals surface area (Å²) in [5, 5.41) is 10.4. The Morgan fingerprint density at radius 2 is 2.03 bits per heavy atom. The van der Waals surface area contributed by atoms with Crippen LogP contribution in [-0.2, 0) is 20.7 Å². The third-order valence-electron chi connectivity index (χ3n) is 6.67. The average Bonchev–Trinajstić information content (AvgIpc) is 3.46. The zero-order valence-corrected chi connectivity index (χ0v) is 21.1. The summed E-state index contributed by atoms with van der Waals surface area (Å²) in [7, 11) is 0. The van der Waals surface area contributed by atoms with Gasteiger partial charge in [-0.1, -0.05) is 57.9 Å². The summed E-state index contributed by atoms with van der Waals surface area (Å²) in [5.41, 5.74) is 7.75. The van der Waals surface area contributed by atoms with Crippen molar-refractivity contribution < 1.29 is 23.8 Å². The molecule has 1 saturated heterocycles. The summed E-state index contributed by atoms with van der Waals surface area (Å²) in [5.74, 6) is -0.0377. The van der Waals surface area contributed by atoms with Gasteiger partial charge < -0.3 is 24.7 Å². The number of nitrogens with zero attached hydrogens (tertiary/aromatic N) is 2. The Morgan fingerprint density at radius 3 is 2.69 bits per heavy atom. The predicted molar refractivity (Wildman–Crippen MR) is 135 cm³/mol. The van der Waals surface area contributed by atoms with Crippen LogP contribution in [0.4, 0.5) is 0 Å². The zero-order valence-electron chi connectivity index (χ0n) is 21.1. The number of furan rings is 1. The van der Waals surface area contributed by atoms with Crippen LogP contribution < -0.4 is 11.4 Å². The van der Waals surface area contributed by atoms with Crippen molar-refractivity contribution in [3.63, 3.8) is 0 Å². The van der Waals surface area contributed by atoms with Crippen molar-refractivity contribution in [2.75, 3.05) is 6.61 Å². The second-order valence-corrected chi connectivity index (χ2v) is 9.75. The Kier molecular flexibility index (Phi) is 8.23. The molecule has 1 aliphatic rings. The molecule has 0 radical (unpaired) electrons. The fourth-order valence-electron chi connectivity index (χ4n) is 4.35. The number of aliphatic hydroxyl groups is 1. The quantitative estimate of drug-likeness (QED) is 0.321. The Hall–Kier alpha value is -3.01. The lowest BCUT2D eigenvalue weighted by Gasteiger charge is -2.20. The number of hydrogen-bond acceptors (Lipinski definition) is 8. The van der Waals surface area contributed by atoms with Gasteiger partial charge in [0.2, 0.25) is 5.71 Å². The second kappa shape index (κ2) is 11.4. The molecule has 1 fully saturated rings. The minimum absolute atomic E-state index is 0.0926. The standard InChI is InChI=1S/C27H35N3O6/c1-4-5-6-7-17-8-10-18(11-9-17)20-12-19-14-30(27(33)29-25(19)35-20)23-13-21(22(15-31)34-23)36-26(32)24(28)16(2)3/h8-12,14,16,21-24,31H,4-7,13,15,28H2,1-3H3. The van der Waals surface area contributed by atoms with Gasteiger partial charge in [-0.3, -0.25) is 9.36 Å². The molecule has 1 aromatic carbocycles. The average molecular weight is 498 g/mol. The molecule has 36 heavy (non-hydrogen) atoms. The molecule has 9 nitrogen and oxygen atoms in total. The van der Waals surface area contributed by atoms with Gasteiger partial charge in [-0.15, -0.1) is 0 Å². The molecule has 4 unspecified atom stereocenters. The molecular weight excluding hydrogens is 462 g/mol. The summed E-state index contributed by atoms with van der Waals surface area (Å²) in [4.78, 5) is 29.2. The molecule has 3 N–H and O–H groups in total. The van der Waals surface area contributed by atoms with Gasteiger partial charge in [0.05, 0.1) is 12.0 Å². The number of hydrogen-bond donors (Lipinski definition) is 2. The highest BCUT2D eigenvalue weighted by atomic mass is 16.6. The van der Waals surface area contributed by atoms with E-state index >= 15 is 0 Å². The molecule has 0 amide bonds. The first kappa shape index (κ1) is 26.1. The zero-order chi connectivity index (χ0) is 25.8. The maximum atomic E-state index is 12.8. The van der Waals surface area contributed by atoms with E-state index in [2.05, 4.69) is 24.0 Å². The fraction of sp³-hybridized carbons (Fsp3) is 0.519. The van der Waals surface area contributed by atoms with E-state index < -0.39 is 36.1 Å². The smallest absolute Gasteiger partial charge is 0.353 e. The lowest BCUT2D eigenvalue weighted by molar-refractivity contribution is -0.155. The van der Waals surface area contributed by atoms with Crippen molar-refractivity contribution in [2.45, 2.75) is 77.4 Å². The number of aliphatic hydroxyl groups excluding tert-OH is 1. The predicted octanol–water partition coefficient (Wildman–Crippen LogP) is 3.56. The third kappa shape index (κ3) is 5.69. The number of esters is 1. The van der Waals surface area contributed by atoms with Gasteiger partial charge in [0, 0.05) is 18.2 Å². The van der Waals surface area contributed by atoms with Crippen LogP contribution in [0.2, 0.25) is 0 Å². The molecule has 1 aliphatic heterocycles. The molecule has 0 saturated carbocycles. The molecule has 4 rings (SSSR count). The first-order valence-corrected chi connectivity index (χ1v) is 12.6. The van der Waals surface area contributed by atoms with Gasteiger partial charge in [0.25, 0.3) is 0 Å². The Labute approximate surface area is 210 Å². The highest BCUT2D eigenvalue weighted by Gasteiger charge is 2.40. The monoisotopic (exact) mass is 497 g/mol. The van der Waals surface area contributed by atoms with E-state index in [0.29, 0.717) is 11.1 Å². The van der Waals surface area contributed by atoms with Crippen LogP contribution >= 0.6 is 0 Å². The number of carbonyl (C=O) groups excluding carboxylic acids is 1. The first-order chi connectivity index (χ1) is 17.3. The van der Waals surface area contributed by atoms with Crippen molar-refractivity contribution in [3.8, 4) is 11.3 Å². The molecule has 9 heteroatoms. The first-order valence-electron chi connectivity index (χ1n) is 12.6. The van der Waals surface area contributed by atoms with Gasteiger partial charge >= 0.3 is 11.7 Å². The molecule has 194 valence electrons. The molecule has 4 atom stereocenters. The van der Waals surface area contributed by atoms with Crippen molar-refractivity contribution >= 4 is 17.1 Å². The SMILES string of the molecule is CCCCCc1ccc(-c2cc3cn(C4CC(OC(=O)C(N)C(C)C)C(CO)O4)c(=O)nc3o2)cc1. The van der Waals surface area contributed by atoms with Gasteiger partial charge in [-0.05, 0) is 30.4 Å². The van der Waals surface area contributed by atoms with Crippen LogP contribution in [0.15, 0.2) is 45.7 Å². The lowest BCUT2D eigenvalue weighted by Crippen LogP contribution is -2.41. The lowest BCUT2D eigenvalue weighted by atomic mass is 10.0. The van der Waals surface area contributed by atoms with E-state index in [1.165, 1.54) is 29.4 Å². The Bertz CT molecular complexity index is 1230. The summed E-state index contributed by atoms with van der Waals surface area (Å²) in [6.45, 7) is 5.48. The third-order valence-corrected chi connectivity index (χ3v) is 6.67. The minimum Gasteiger partial charge on any atom is -0.458 e. The van der Waals surface area contributed by atoms with Gasteiger partial charge in [-0.2, -0.15) is 4.98 Å². The highest BCUT2D eigenvalue weighted by Crippen LogP contribution is 2.32. The van der Waals surface area contributed by atoms with Crippen LogP contribution in [0, 0.1) is 5.92 Å². The Balaban J connectivity index is 1.52. The molecular formula is C27H35N3O6. The van der Waals surface area contributed by atoms with Crippen molar-refractivity contribution in [3.05, 3.63) is 52.6 Å². The molecule has 3 heterocycles. The number of rotatable bonds is 10. The largest absolute Gasteiger partial charge is 0.458 e. The maximum absolute atomic E-state index is 12.8. The Morgan fingerprint density at radius 1 is 1.28 bits per heavy atom. The van der Waals surface area contributed by atoms with Crippen molar-refractivity contribution in [1.29, 1.82) is 0 Å². The van der Waals surface area contributed by atoms with Gasteiger partial charge in [0.1, 0.15) is 30.2 Å². The van der Waals surface area contributed by atoms with E-state index in [4.69, 9.17) is 19.6 Å². The molecule has 3 aromatic rings. The van der Waals surface area contributed by atoms with Gasteiger partial charge in [-0.25, -0.2) is 4.79 Å². The number of nitrogens with two attached hydrogens (primary N) is 1. The number of unbranched alkanes of at least 4 members (excludes halogenated alkanes) is 2. The number of aromatic nitrogens is 2. The summed E-state index contributed by atoms with van der Waals surface area (Å²) < 4.78 is 18.6. The molecule has 0 bridgehead atoms. The van der Waals surface area contributed by atoms with E-state index in [-0.39, 0.29) is 24.7 Å². The number of fused-ring (bicyclic) bond motifs is 1. The van der Waals surface area contributed by atoms with Crippen LogP contribution in [0.3, 0.4) is 0 Å². The van der Waals surface area contributed by atoms with Gasteiger partial charge in [0.15, 0.2) is 0 Å². The van der Waals surface area contributed by atoms with Crippen LogP contribution in [0.25, 0.3) is 22.4 Å². The molecule has 0 spiro atoms. The highest BCUT2D eigenvalue weighted by molar-refractivity contribution is 5.79. The van der Waals surface area contributed by atoms with Crippen molar-refractivity contribution in [1.82, 2.24) is 9.55 Å². The minimum atomic E-state index is -0.779. The van der Waals surface area contributed by atoms with E-state index in [9.17, 15) is 14.7 Å². The number of benzene rings is 1. The van der Waals surface area contributed by atoms with Crippen molar-refractivity contribution in [2.24, 2.45) is 11.7 Å². The molecule has 0 aliphatic carbocycles. The summed E-state index contributed by atoms with van der Waals surface area (Å²) in [6, 6.07) is 9.27. The molecule has 2 aromatic heterocycles. The van der Waals surface area contributed by atoms with E-state index in [0.717, 1.165) is 12.0 Å². The van der Waals surface area contributed by atoms with Crippen LogP contribution in [0.1, 0.15) is 58.2 Å². The number of carbonyl (C=O) groups is 1. The number of ether oxygens (including phenoxy) is 2. The second-order valence-electron chi connectivity index (χ2n) is 9.75. The maximum Gasteiger partial charge on any atom is 0.353 e.